The van der Waals surface area contributed by atoms with Gasteiger partial charge in [-0.25, -0.2) is 13.2 Å². The van der Waals surface area contributed by atoms with Gasteiger partial charge in [-0.2, -0.15) is 0 Å². The van der Waals surface area contributed by atoms with Crippen molar-refractivity contribution in [1.29, 1.82) is 0 Å². The lowest BCUT2D eigenvalue weighted by Crippen LogP contribution is -2.14. The van der Waals surface area contributed by atoms with Gasteiger partial charge in [0, 0.05) is 10.1 Å². The van der Waals surface area contributed by atoms with Gasteiger partial charge in [0.1, 0.15) is 19.0 Å². The number of hydrogen-bond donors (Lipinski definition) is 0. The van der Waals surface area contributed by atoms with Gasteiger partial charge < -0.3 is 9.47 Å². The first-order valence-corrected chi connectivity index (χ1v) is 11.9. The number of esters is 1. The van der Waals surface area contributed by atoms with Gasteiger partial charge in [-0.05, 0) is 37.6 Å². The lowest BCUT2D eigenvalue weighted by molar-refractivity contribution is 0.0445. The van der Waals surface area contributed by atoms with Gasteiger partial charge in [0.05, 0.1) is 22.6 Å². The first-order valence-electron chi connectivity index (χ1n) is 9.22. The maximum atomic E-state index is 12.5. The molecule has 1 atom stereocenters. The molecule has 2 aromatic carbocycles. The van der Waals surface area contributed by atoms with E-state index in [0.717, 1.165) is 0 Å². The minimum atomic E-state index is -2.98. The van der Waals surface area contributed by atoms with Gasteiger partial charge >= 0.3 is 5.97 Å². The zero-order chi connectivity index (χ0) is 20.9. The zero-order valence-electron chi connectivity index (χ0n) is 16.0. The van der Waals surface area contributed by atoms with Crippen molar-refractivity contribution in [2.75, 3.05) is 24.7 Å². The second kappa shape index (κ2) is 9.45. The normalized spacial score (nSPS) is 17.6. The maximum absolute atomic E-state index is 12.5. The number of benzene rings is 2. The molecule has 1 unspecified atom stereocenters. The van der Waals surface area contributed by atoms with E-state index in [1.54, 1.807) is 42.5 Å². The molecule has 29 heavy (non-hydrogen) atoms. The van der Waals surface area contributed by atoms with Crippen LogP contribution >= 0.6 is 11.8 Å². The molecule has 0 spiro atoms. The van der Waals surface area contributed by atoms with Crippen molar-refractivity contribution >= 4 is 33.4 Å². The number of ether oxygens (including phenoxy) is 2. The van der Waals surface area contributed by atoms with E-state index in [1.165, 1.54) is 18.7 Å². The molecule has 1 saturated heterocycles. The Labute approximate surface area is 174 Å². The molecule has 0 saturated carbocycles. The highest BCUT2D eigenvalue weighted by atomic mass is 32.2. The van der Waals surface area contributed by atoms with Crippen molar-refractivity contribution in [3.8, 4) is 5.75 Å². The molecule has 0 N–H and O–H groups in total. The number of hydrogen-bond acceptors (Lipinski definition) is 7. The molecule has 0 aromatic heterocycles. The molecule has 1 aliphatic rings. The number of para-hydroxylation sites is 1. The Morgan fingerprint density at radius 2 is 1.72 bits per heavy atom. The van der Waals surface area contributed by atoms with E-state index in [-0.39, 0.29) is 35.8 Å². The van der Waals surface area contributed by atoms with Gasteiger partial charge in [-0.15, -0.1) is 11.8 Å². The van der Waals surface area contributed by atoms with Crippen LogP contribution in [0.1, 0.15) is 34.1 Å². The maximum Gasteiger partial charge on any atom is 0.339 e. The summed E-state index contributed by atoms with van der Waals surface area (Å²) >= 11 is 1.40. The summed E-state index contributed by atoms with van der Waals surface area (Å²) in [5, 5.41) is -0.0552. The summed E-state index contributed by atoms with van der Waals surface area (Å²) in [4.78, 5) is 24.8. The van der Waals surface area contributed by atoms with Crippen LogP contribution in [0, 0.1) is 0 Å². The molecule has 1 fully saturated rings. The topological polar surface area (TPSA) is 86.7 Å². The summed E-state index contributed by atoms with van der Waals surface area (Å²) in [6.07, 6.45) is 0.583. The van der Waals surface area contributed by atoms with Gasteiger partial charge in [0.25, 0.3) is 0 Å². The standard InChI is InChI=1S/C21H22O6S2/c1-15(22)17-6-2-4-8-19(17)26-11-12-27-21(23)18-7-3-5-9-20(18)28-16-10-13-29(24,25)14-16/h2-9,16H,10-14H2,1H3. The molecule has 8 heteroatoms. The number of sulfone groups is 1. The molecular weight excluding hydrogens is 412 g/mol. The molecule has 0 aliphatic carbocycles. The number of carbonyl (C=O) groups is 2. The van der Waals surface area contributed by atoms with Crippen LogP contribution in [0.5, 0.6) is 5.75 Å². The Hall–Kier alpha value is -2.32. The third kappa shape index (κ3) is 5.83. The monoisotopic (exact) mass is 434 g/mol. The van der Waals surface area contributed by atoms with Crippen molar-refractivity contribution < 1.29 is 27.5 Å². The Bertz CT molecular complexity index is 1000. The van der Waals surface area contributed by atoms with Crippen LogP contribution in [0.4, 0.5) is 0 Å². The lowest BCUT2D eigenvalue weighted by atomic mass is 10.1. The minimum Gasteiger partial charge on any atom is -0.489 e. The van der Waals surface area contributed by atoms with Crippen molar-refractivity contribution in [2.24, 2.45) is 0 Å². The SMILES string of the molecule is CC(=O)c1ccccc1OCCOC(=O)c1ccccc1SC1CCS(=O)(=O)C1. The average molecular weight is 435 g/mol. The summed E-state index contributed by atoms with van der Waals surface area (Å²) in [6, 6.07) is 13.9. The largest absolute Gasteiger partial charge is 0.489 e. The first-order chi connectivity index (χ1) is 13.9. The molecule has 0 amide bonds. The van der Waals surface area contributed by atoms with Gasteiger partial charge in [0.15, 0.2) is 15.6 Å². The number of rotatable bonds is 8. The Kier molecular flexibility index (Phi) is 6.97. The molecular formula is C21H22O6S2. The summed E-state index contributed by atoms with van der Waals surface area (Å²) in [5.74, 6) is 0.185. The van der Waals surface area contributed by atoms with Crippen LogP contribution in [0.15, 0.2) is 53.4 Å². The highest BCUT2D eigenvalue weighted by Gasteiger charge is 2.29. The smallest absolute Gasteiger partial charge is 0.339 e. The average Bonchev–Trinajstić information content (AvgIpc) is 3.04. The highest BCUT2D eigenvalue weighted by Crippen LogP contribution is 2.33. The van der Waals surface area contributed by atoms with Crippen molar-refractivity contribution in [3.63, 3.8) is 0 Å². The van der Waals surface area contributed by atoms with E-state index < -0.39 is 15.8 Å². The number of thioether (sulfide) groups is 1. The van der Waals surface area contributed by atoms with E-state index >= 15 is 0 Å². The molecule has 2 aromatic rings. The molecule has 0 bridgehead atoms. The van der Waals surface area contributed by atoms with Crippen LogP contribution in [-0.2, 0) is 14.6 Å². The fourth-order valence-electron chi connectivity index (χ4n) is 3.02. The van der Waals surface area contributed by atoms with Gasteiger partial charge in [-0.1, -0.05) is 24.3 Å². The highest BCUT2D eigenvalue weighted by molar-refractivity contribution is 8.02. The van der Waals surface area contributed by atoms with E-state index in [2.05, 4.69) is 0 Å². The van der Waals surface area contributed by atoms with E-state index in [0.29, 0.717) is 28.2 Å². The Morgan fingerprint density at radius 3 is 2.41 bits per heavy atom. The van der Waals surface area contributed by atoms with Crippen LogP contribution in [0.3, 0.4) is 0 Å². The van der Waals surface area contributed by atoms with E-state index in [4.69, 9.17) is 9.47 Å². The summed E-state index contributed by atoms with van der Waals surface area (Å²) < 4.78 is 34.2. The number of Topliss-reactive ketones (excluding diaryl/α,β-unsaturated/α-hetero) is 1. The third-order valence-corrected chi connectivity index (χ3v) is 7.76. The molecule has 1 heterocycles. The van der Waals surface area contributed by atoms with E-state index in [9.17, 15) is 18.0 Å². The van der Waals surface area contributed by atoms with Crippen LogP contribution in [-0.4, -0.2) is 50.1 Å². The first kappa shape index (κ1) is 21.4. The van der Waals surface area contributed by atoms with Gasteiger partial charge in [0.2, 0.25) is 0 Å². The zero-order valence-corrected chi connectivity index (χ0v) is 17.6. The molecule has 1 aliphatic heterocycles. The quantitative estimate of drug-likeness (QED) is 0.357. The summed E-state index contributed by atoms with van der Waals surface area (Å²) in [6.45, 7) is 1.61. The molecule has 6 nitrogen and oxygen atoms in total. The molecule has 154 valence electrons. The van der Waals surface area contributed by atoms with Crippen LogP contribution in [0.25, 0.3) is 0 Å². The molecule has 0 radical (unpaired) electrons. The predicted octanol–water partition coefficient (Wildman–Crippen LogP) is 3.40. The van der Waals surface area contributed by atoms with Gasteiger partial charge in [-0.3, -0.25) is 4.79 Å². The number of carbonyl (C=O) groups excluding carboxylic acids is 2. The fraction of sp³-hybridized carbons (Fsp3) is 0.333. The summed E-state index contributed by atoms with van der Waals surface area (Å²) in [7, 11) is -2.98. The third-order valence-electron chi connectivity index (χ3n) is 4.43. The lowest BCUT2D eigenvalue weighted by Gasteiger charge is -2.13. The second-order valence-electron chi connectivity index (χ2n) is 6.68. The summed E-state index contributed by atoms with van der Waals surface area (Å²) in [5.41, 5.74) is 0.887. The second-order valence-corrected chi connectivity index (χ2v) is 10.2. The predicted molar refractivity (Wildman–Crippen MR) is 112 cm³/mol. The van der Waals surface area contributed by atoms with E-state index in [1.807, 2.05) is 6.07 Å². The van der Waals surface area contributed by atoms with Crippen molar-refractivity contribution in [3.05, 3.63) is 59.7 Å². The van der Waals surface area contributed by atoms with Crippen LogP contribution in [0.2, 0.25) is 0 Å². The molecule has 3 rings (SSSR count). The number of ketones is 1. The van der Waals surface area contributed by atoms with Crippen molar-refractivity contribution in [2.45, 2.75) is 23.5 Å². The van der Waals surface area contributed by atoms with Crippen molar-refractivity contribution in [1.82, 2.24) is 0 Å². The van der Waals surface area contributed by atoms with Crippen LogP contribution < -0.4 is 4.74 Å². The Morgan fingerprint density at radius 1 is 1.03 bits per heavy atom. The minimum absolute atomic E-state index is 0.0296. The fourth-order valence-corrected chi connectivity index (χ4v) is 6.64. The Balaban J connectivity index is 1.56.